The average Bonchev–Trinajstić information content (AvgIpc) is 2.26. The first-order valence-electron chi connectivity index (χ1n) is 5.80. The number of nitrogens with one attached hydrogen (secondary N) is 1. The molecule has 1 aromatic rings. The summed E-state index contributed by atoms with van der Waals surface area (Å²) < 4.78 is 5.31. The van der Waals surface area contributed by atoms with Crippen LogP contribution in [-0.2, 0) is 4.79 Å². The smallest absolute Gasteiger partial charge is 0.258 e. The molecule has 0 saturated heterocycles. The highest BCUT2D eigenvalue weighted by Gasteiger charge is 2.09. The first-order valence-corrected chi connectivity index (χ1v) is 6.17. The fourth-order valence-corrected chi connectivity index (χ4v) is 1.64. The first kappa shape index (κ1) is 14.8. The number of amides is 1. The minimum Gasteiger partial charge on any atom is -0.482 e. The summed E-state index contributed by atoms with van der Waals surface area (Å²) in [6.45, 7) is 5.33. The van der Waals surface area contributed by atoms with Crippen LogP contribution in [0.4, 0.5) is 0 Å². The molecule has 0 aliphatic carbocycles. The highest BCUT2D eigenvalue weighted by molar-refractivity contribution is 6.32. The van der Waals surface area contributed by atoms with Crippen molar-refractivity contribution >= 4 is 17.5 Å². The van der Waals surface area contributed by atoms with E-state index in [-0.39, 0.29) is 18.6 Å². The summed E-state index contributed by atoms with van der Waals surface area (Å²) in [6, 6.07) is 5.07. The lowest BCUT2D eigenvalue weighted by Gasteiger charge is -2.12. The lowest BCUT2D eigenvalue weighted by Crippen LogP contribution is -2.34. The van der Waals surface area contributed by atoms with Crippen molar-refractivity contribution in [1.29, 1.82) is 0 Å². The van der Waals surface area contributed by atoms with Gasteiger partial charge in [-0.05, 0) is 38.5 Å². The second-order valence-electron chi connectivity index (χ2n) is 4.38. The van der Waals surface area contributed by atoms with E-state index < -0.39 is 6.10 Å². The van der Waals surface area contributed by atoms with Gasteiger partial charge >= 0.3 is 0 Å². The number of aliphatic hydroxyl groups is 1. The molecule has 0 aromatic heterocycles. The third kappa shape index (κ3) is 4.55. The molecule has 1 atom stereocenters. The zero-order valence-corrected chi connectivity index (χ0v) is 11.5. The Morgan fingerprint density at radius 1 is 1.44 bits per heavy atom. The van der Waals surface area contributed by atoms with Gasteiger partial charge in [0.1, 0.15) is 5.75 Å². The van der Waals surface area contributed by atoms with Crippen molar-refractivity contribution in [3.05, 3.63) is 28.8 Å². The zero-order valence-electron chi connectivity index (χ0n) is 10.7. The van der Waals surface area contributed by atoms with Gasteiger partial charge in [0.15, 0.2) is 6.61 Å². The predicted molar refractivity (Wildman–Crippen MR) is 70.9 cm³/mol. The molecule has 100 valence electrons. The number of carbonyl (C=O) groups excluding carboxylic acids is 1. The van der Waals surface area contributed by atoms with E-state index in [4.69, 9.17) is 16.3 Å². The highest BCUT2D eigenvalue weighted by Crippen LogP contribution is 2.27. The van der Waals surface area contributed by atoms with Gasteiger partial charge in [-0.25, -0.2) is 0 Å². The molecule has 1 amide bonds. The molecule has 1 aromatic carbocycles. The molecule has 0 aliphatic heterocycles. The number of rotatable bonds is 5. The molecule has 0 spiro atoms. The van der Waals surface area contributed by atoms with Crippen molar-refractivity contribution in [2.45, 2.75) is 32.9 Å². The van der Waals surface area contributed by atoms with Crippen molar-refractivity contribution in [3.63, 3.8) is 0 Å². The van der Waals surface area contributed by atoms with Gasteiger partial charge in [-0.3, -0.25) is 4.79 Å². The Kier molecular flexibility index (Phi) is 5.44. The standard InChI is InChI=1S/C13H18ClNO3/c1-8(2)15-13(17)7-18-12-5-4-10(9(3)16)6-11(12)14/h4-6,8-9,16H,7H2,1-3H3,(H,15,17)/t9-/m0/s1. The molecule has 18 heavy (non-hydrogen) atoms. The van der Waals surface area contributed by atoms with Gasteiger partial charge in [-0.1, -0.05) is 17.7 Å². The number of halogens is 1. The van der Waals surface area contributed by atoms with Crippen molar-refractivity contribution < 1.29 is 14.6 Å². The van der Waals surface area contributed by atoms with Crippen molar-refractivity contribution in [2.24, 2.45) is 0 Å². The zero-order chi connectivity index (χ0) is 13.7. The van der Waals surface area contributed by atoms with Crippen LogP contribution in [0.5, 0.6) is 5.75 Å². The molecule has 1 rings (SSSR count). The van der Waals surface area contributed by atoms with Crippen LogP contribution < -0.4 is 10.1 Å². The van der Waals surface area contributed by atoms with Gasteiger partial charge in [-0.2, -0.15) is 0 Å². The molecule has 0 bridgehead atoms. The minimum absolute atomic E-state index is 0.0775. The first-order chi connectivity index (χ1) is 8.40. The van der Waals surface area contributed by atoms with E-state index >= 15 is 0 Å². The van der Waals surface area contributed by atoms with E-state index in [0.29, 0.717) is 16.3 Å². The molecule has 0 aliphatic rings. The normalized spacial score (nSPS) is 12.3. The third-order valence-corrected chi connectivity index (χ3v) is 2.54. The van der Waals surface area contributed by atoms with Crippen LogP contribution in [0.3, 0.4) is 0 Å². The van der Waals surface area contributed by atoms with Crippen LogP contribution in [0.2, 0.25) is 5.02 Å². The van der Waals surface area contributed by atoms with E-state index in [1.165, 1.54) is 0 Å². The second kappa shape index (κ2) is 6.61. The average molecular weight is 272 g/mol. The molecule has 5 heteroatoms. The van der Waals surface area contributed by atoms with Crippen molar-refractivity contribution in [2.75, 3.05) is 6.61 Å². The number of carbonyl (C=O) groups is 1. The number of hydrogen-bond donors (Lipinski definition) is 2. The summed E-state index contributed by atoms with van der Waals surface area (Å²) in [6.07, 6.45) is -0.583. The van der Waals surface area contributed by atoms with Crippen molar-refractivity contribution in [3.8, 4) is 5.75 Å². The van der Waals surface area contributed by atoms with E-state index in [0.717, 1.165) is 0 Å². The second-order valence-corrected chi connectivity index (χ2v) is 4.78. The number of hydrogen-bond acceptors (Lipinski definition) is 3. The van der Waals surface area contributed by atoms with Crippen LogP contribution in [0, 0.1) is 0 Å². The van der Waals surface area contributed by atoms with Gasteiger partial charge in [0.05, 0.1) is 11.1 Å². The van der Waals surface area contributed by atoms with Crippen LogP contribution >= 0.6 is 11.6 Å². The Labute approximate surface area is 112 Å². The predicted octanol–water partition coefficient (Wildman–Crippen LogP) is 2.30. The van der Waals surface area contributed by atoms with Gasteiger partial charge in [-0.15, -0.1) is 0 Å². The molecule has 0 radical (unpaired) electrons. The summed E-state index contributed by atoms with van der Waals surface area (Å²) in [5.74, 6) is 0.237. The summed E-state index contributed by atoms with van der Waals surface area (Å²) in [7, 11) is 0. The maximum atomic E-state index is 11.4. The Morgan fingerprint density at radius 2 is 2.11 bits per heavy atom. The topological polar surface area (TPSA) is 58.6 Å². The van der Waals surface area contributed by atoms with Crippen LogP contribution in [-0.4, -0.2) is 23.7 Å². The Bertz CT molecular complexity index is 419. The summed E-state index contributed by atoms with van der Waals surface area (Å²) in [5, 5.41) is 12.5. The molecule has 0 fully saturated rings. The summed E-state index contributed by atoms with van der Waals surface area (Å²) >= 11 is 5.99. The molecule has 0 heterocycles. The van der Waals surface area contributed by atoms with Crippen LogP contribution in [0.25, 0.3) is 0 Å². The fraction of sp³-hybridized carbons (Fsp3) is 0.462. The summed E-state index contributed by atoms with van der Waals surface area (Å²) in [5.41, 5.74) is 0.707. The van der Waals surface area contributed by atoms with Crippen molar-refractivity contribution in [1.82, 2.24) is 5.32 Å². The monoisotopic (exact) mass is 271 g/mol. The Balaban J connectivity index is 2.60. The molecule has 4 nitrogen and oxygen atoms in total. The Hall–Kier alpha value is -1.26. The quantitative estimate of drug-likeness (QED) is 0.864. The van der Waals surface area contributed by atoms with E-state index in [9.17, 15) is 9.90 Å². The maximum Gasteiger partial charge on any atom is 0.258 e. The largest absolute Gasteiger partial charge is 0.482 e. The SMILES string of the molecule is CC(C)NC(=O)COc1ccc([C@H](C)O)cc1Cl. The lowest BCUT2D eigenvalue weighted by molar-refractivity contribution is -0.123. The molecular weight excluding hydrogens is 254 g/mol. The summed E-state index contributed by atoms with van der Waals surface area (Å²) in [4.78, 5) is 11.4. The molecule has 0 unspecified atom stereocenters. The lowest BCUT2D eigenvalue weighted by atomic mass is 10.1. The Morgan fingerprint density at radius 3 is 2.61 bits per heavy atom. The van der Waals surface area contributed by atoms with Crippen LogP contribution in [0.15, 0.2) is 18.2 Å². The number of aliphatic hydroxyl groups excluding tert-OH is 1. The minimum atomic E-state index is -0.583. The van der Waals surface area contributed by atoms with E-state index in [1.54, 1.807) is 25.1 Å². The molecular formula is C13H18ClNO3. The van der Waals surface area contributed by atoms with E-state index in [2.05, 4.69) is 5.32 Å². The van der Waals surface area contributed by atoms with Crippen LogP contribution in [0.1, 0.15) is 32.4 Å². The van der Waals surface area contributed by atoms with Gasteiger partial charge < -0.3 is 15.2 Å². The van der Waals surface area contributed by atoms with Gasteiger partial charge in [0, 0.05) is 6.04 Å². The molecule has 2 N–H and O–H groups in total. The van der Waals surface area contributed by atoms with E-state index in [1.807, 2.05) is 13.8 Å². The van der Waals surface area contributed by atoms with Gasteiger partial charge in [0.2, 0.25) is 0 Å². The third-order valence-electron chi connectivity index (χ3n) is 2.25. The maximum absolute atomic E-state index is 11.4. The number of benzene rings is 1. The highest BCUT2D eigenvalue weighted by atomic mass is 35.5. The fourth-order valence-electron chi connectivity index (χ4n) is 1.40. The van der Waals surface area contributed by atoms with Gasteiger partial charge in [0.25, 0.3) is 5.91 Å². The molecule has 0 saturated carbocycles. The number of ether oxygens (including phenoxy) is 1.